The number of nitrogens with zero attached hydrogens (tertiary/aromatic N) is 2. The zero-order valence-corrected chi connectivity index (χ0v) is 15.0. The van der Waals surface area contributed by atoms with Crippen LogP contribution in [0.2, 0.25) is 0 Å². The molecule has 0 saturated heterocycles. The van der Waals surface area contributed by atoms with Gasteiger partial charge in [-0.05, 0) is 50.3 Å². The molecular weight excluding hydrogens is 324 g/mol. The van der Waals surface area contributed by atoms with Gasteiger partial charge in [0.25, 0.3) is 0 Å². The van der Waals surface area contributed by atoms with E-state index in [1.54, 1.807) is 18.8 Å². The highest BCUT2D eigenvalue weighted by Crippen LogP contribution is 2.27. The van der Waals surface area contributed by atoms with Crippen LogP contribution in [0.4, 0.5) is 8.78 Å². The van der Waals surface area contributed by atoms with Gasteiger partial charge in [0, 0.05) is 38.4 Å². The van der Waals surface area contributed by atoms with E-state index in [2.05, 4.69) is 10.4 Å². The first-order valence-electron chi connectivity index (χ1n) is 8.73. The molecule has 0 bridgehead atoms. The van der Waals surface area contributed by atoms with Crippen molar-refractivity contribution in [2.24, 2.45) is 7.05 Å². The van der Waals surface area contributed by atoms with E-state index in [9.17, 15) is 8.78 Å². The van der Waals surface area contributed by atoms with Gasteiger partial charge in [-0.15, -0.1) is 0 Å². The molecule has 0 unspecified atom stereocenters. The molecule has 25 heavy (non-hydrogen) atoms. The van der Waals surface area contributed by atoms with E-state index < -0.39 is 11.6 Å². The minimum Gasteiger partial charge on any atom is -0.381 e. The van der Waals surface area contributed by atoms with E-state index in [-0.39, 0.29) is 0 Å². The summed E-state index contributed by atoms with van der Waals surface area (Å²) in [5.41, 5.74) is 3.12. The number of aromatic nitrogens is 2. The number of hydrogen-bond acceptors (Lipinski definition) is 3. The van der Waals surface area contributed by atoms with Crippen molar-refractivity contribution in [1.29, 1.82) is 0 Å². The van der Waals surface area contributed by atoms with E-state index >= 15 is 0 Å². The van der Waals surface area contributed by atoms with E-state index in [1.807, 2.05) is 6.92 Å². The van der Waals surface area contributed by atoms with Crippen molar-refractivity contribution < 1.29 is 13.5 Å². The molecule has 136 valence electrons. The number of benzene rings is 1. The van der Waals surface area contributed by atoms with E-state index in [0.29, 0.717) is 24.3 Å². The lowest BCUT2D eigenvalue weighted by Gasteiger charge is -2.28. The summed E-state index contributed by atoms with van der Waals surface area (Å²) in [6.45, 7) is 2.60. The maximum absolute atomic E-state index is 13.5. The van der Waals surface area contributed by atoms with Gasteiger partial charge in [0.2, 0.25) is 0 Å². The molecule has 3 rings (SSSR count). The van der Waals surface area contributed by atoms with E-state index in [0.717, 1.165) is 48.7 Å². The van der Waals surface area contributed by atoms with Crippen molar-refractivity contribution in [3.05, 3.63) is 41.1 Å². The highest BCUT2D eigenvalue weighted by molar-refractivity contribution is 5.64. The number of nitrogens with one attached hydrogen (secondary N) is 1. The average molecular weight is 349 g/mol. The van der Waals surface area contributed by atoms with Crippen molar-refractivity contribution in [3.8, 4) is 11.3 Å². The van der Waals surface area contributed by atoms with Crippen LogP contribution in [0.5, 0.6) is 0 Å². The summed E-state index contributed by atoms with van der Waals surface area (Å²) < 4.78 is 34.2. The van der Waals surface area contributed by atoms with Crippen LogP contribution in [0.15, 0.2) is 18.2 Å². The highest BCUT2D eigenvalue weighted by atomic mass is 19.1. The maximum Gasteiger partial charge on any atom is 0.126 e. The summed E-state index contributed by atoms with van der Waals surface area (Å²) in [5, 5.41) is 8.10. The van der Waals surface area contributed by atoms with Gasteiger partial charge in [-0.25, -0.2) is 8.78 Å². The van der Waals surface area contributed by atoms with Crippen LogP contribution in [0.1, 0.15) is 36.9 Å². The van der Waals surface area contributed by atoms with Gasteiger partial charge in [-0.3, -0.25) is 4.68 Å². The SMILES string of the molecule is CO[C@H]1CC[C@@H](NCc2nn(C)c(-c3cc(F)cc(F)c3)c2C)CC1. The lowest BCUT2D eigenvalue weighted by molar-refractivity contribution is 0.0623. The number of halogens is 2. The summed E-state index contributed by atoms with van der Waals surface area (Å²) in [6.07, 6.45) is 4.70. The van der Waals surface area contributed by atoms with Gasteiger partial charge >= 0.3 is 0 Å². The second kappa shape index (κ2) is 7.62. The molecule has 1 saturated carbocycles. The van der Waals surface area contributed by atoms with Gasteiger partial charge in [0.15, 0.2) is 0 Å². The van der Waals surface area contributed by atoms with Gasteiger partial charge in [-0.2, -0.15) is 5.10 Å². The number of rotatable bonds is 5. The highest BCUT2D eigenvalue weighted by Gasteiger charge is 2.21. The Labute approximate surface area is 147 Å². The summed E-state index contributed by atoms with van der Waals surface area (Å²) in [5.74, 6) is -1.16. The van der Waals surface area contributed by atoms with Gasteiger partial charge in [0.1, 0.15) is 11.6 Å². The van der Waals surface area contributed by atoms with Crippen molar-refractivity contribution in [3.63, 3.8) is 0 Å². The molecule has 1 aromatic heterocycles. The second-order valence-corrected chi connectivity index (χ2v) is 6.79. The Bertz CT molecular complexity index is 716. The molecule has 1 aliphatic carbocycles. The largest absolute Gasteiger partial charge is 0.381 e. The smallest absolute Gasteiger partial charge is 0.126 e. The number of hydrogen-bond donors (Lipinski definition) is 1. The minimum atomic E-state index is -0.579. The molecule has 1 heterocycles. The minimum absolute atomic E-state index is 0.379. The number of methoxy groups -OCH3 is 1. The first kappa shape index (κ1) is 18.0. The molecule has 4 nitrogen and oxygen atoms in total. The summed E-state index contributed by atoms with van der Waals surface area (Å²) in [7, 11) is 3.57. The Morgan fingerprint density at radius 2 is 1.80 bits per heavy atom. The molecule has 1 aromatic carbocycles. The number of ether oxygens (including phenoxy) is 1. The monoisotopic (exact) mass is 349 g/mol. The quantitative estimate of drug-likeness (QED) is 0.894. The molecule has 1 aliphatic rings. The first-order valence-corrected chi connectivity index (χ1v) is 8.73. The fourth-order valence-electron chi connectivity index (χ4n) is 3.69. The van der Waals surface area contributed by atoms with Gasteiger partial charge in [0.05, 0.1) is 17.5 Å². The summed E-state index contributed by atoms with van der Waals surface area (Å²) in [4.78, 5) is 0. The van der Waals surface area contributed by atoms with Crippen molar-refractivity contribution in [2.75, 3.05) is 7.11 Å². The lowest BCUT2D eigenvalue weighted by Crippen LogP contribution is -2.34. The van der Waals surface area contributed by atoms with Crippen LogP contribution in [0.25, 0.3) is 11.3 Å². The third-order valence-corrected chi connectivity index (χ3v) is 5.08. The first-order chi connectivity index (χ1) is 12.0. The molecule has 1 N–H and O–H groups in total. The number of aryl methyl sites for hydroxylation is 1. The molecule has 0 aliphatic heterocycles. The van der Waals surface area contributed by atoms with Crippen LogP contribution in [-0.2, 0) is 18.3 Å². The zero-order chi connectivity index (χ0) is 18.0. The Hall–Kier alpha value is -1.79. The normalized spacial score (nSPS) is 20.8. The molecule has 1 fully saturated rings. The summed E-state index contributed by atoms with van der Waals surface area (Å²) in [6, 6.07) is 4.03. The van der Waals surface area contributed by atoms with Crippen molar-refractivity contribution in [1.82, 2.24) is 15.1 Å². The third kappa shape index (κ3) is 4.07. The van der Waals surface area contributed by atoms with Crippen LogP contribution >= 0.6 is 0 Å². The van der Waals surface area contributed by atoms with E-state index in [1.165, 1.54) is 12.1 Å². The molecule has 0 radical (unpaired) electrons. The Morgan fingerprint density at radius 3 is 2.40 bits per heavy atom. The Morgan fingerprint density at radius 1 is 1.16 bits per heavy atom. The molecule has 6 heteroatoms. The Kier molecular flexibility index (Phi) is 5.49. The van der Waals surface area contributed by atoms with Crippen molar-refractivity contribution in [2.45, 2.75) is 51.3 Å². The average Bonchev–Trinajstić information content (AvgIpc) is 2.86. The van der Waals surface area contributed by atoms with E-state index in [4.69, 9.17) is 4.74 Å². The zero-order valence-electron chi connectivity index (χ0n) is 15.0. The fraction of sp³-hybridized carbons (Fsp3) is 0.526. The molecular formula is C19H25F2N3O. The predicted octanol–water partition coefficient (Wildman–Crippen LogP) is 3.72. The Balaban J connectivity index is 1.72. The van der Waals surface area contributed by atoms with Crippen LogP contribution < -0.4 is 5.32 Å². The van der Waals surface area contributed by atoms with Crippen LogP contribution in [-0.4, -0.2) is 29.0 Å². The van der Waals surface area contributed by atoms with Gasteiger partial charge < -0.3 is 10.1 Å². The predicted molar refractivity (Wildman–Crippen MR) is 93.2 cm³/mol. The fourth-order valence-corrected chi connectivity index (χ4v) is 3.69. The molecule has 0 spiro atoms. The second-order valence-electron chi connectivity index (χ2n) is 6.79. The molecule has 0 atom stereocenters. The lowest BCUT2D eigenvalue weighted by atomic mass is 9.93. The van der Waals surface area contributed by atoms with Crippen molar-refractivity contribution >= 4 is 0 Å². The third-order valence-electron chi connectivity index (χ3n) is 5.08. The summed E-state index contributed by atoms with van der Waals surface area (Å²) >= 11 is 0. The standard InChI is InChI=1S/C19H25F2N3O/c1-12-18(11-22-16-4-6-17(25-3)7-5-16)23-24(2)19(12)13-8-14(20)10-15(21)9-13/h8-10,16-17,22H,4-7,11H2,1-3H3/t16-,17+. The molecule has 2 aromatic rings. The van der Waals surface area contributed by atoms with Crippen LogP contribution in [0.3, 0.4) is 0 Å². The van der Waals surface area contributed by atoms with Gasteiger partial charge in [-0.1, -0.05) is 0 Å². The maximum atomic E-state index is 13.5. The van der Waals surface area contributed by atoms with Crippen LogP contribution in [0, 0.1) is 18.6 Å². The topological polar surface area (TPSA) is 39.1 Å². The molecule has 0 amide bonds.